The van der Waals surface area contributed by atoms with E-state index in [1.54, 1.807) is 21.9 Å². The summed E-state index contributed by atoms with van der Waals surface area (Å²) in [4.78, 5) is 43.5. The van der Waals surface area contributed by atoms with Gasteiger partial charge in [-0.3, -0.25) is 14.4 Å². The fourth-order valence-corrected chi connectivity index (χ4v) is 5.04. The SMILES string of the molecule is Cc1ccc([C@@H](C)NC(=O)c2ccccc2CN2C(=O)[C@@H]3CCCN3C(=O)c3ccccc32)cc1. The smallest absolute Gasteiger partial charge is 0.256 e. The van der Waals surface area contributed by atoms with Gasteiger partial charge in [-0.05, 0) is 56.0 Å². The average molecular weight is 468 g/mol. The standard InChI is InChI=1S/C29H29N3O3/c1-19-13-15-21(16-14-19)20(2)30-27(33)23-9-4-3-8-22(23)18-32-25-11-6-5-10-24(25)28(34)31-17-7-12-26(31)29(32)35/h3-6,8-11,13-16,20,26H,7,12,17-18H2,1-2H3,(H,30,33)/t20-,26+/m1/s1. The Hall–Kier alpha value is -3.93. The minimum atomic E-state index is -0.461. The van der Waals surface area contributed by atoms with Crippen LogP contribution in [0.5, 0.6) is 0 Å². The molecule has 6 heteroatoms. The summed E-state index contributed by atoms with van der Waals surface area (Å²) in [6.45, 7) is 4.80. The summed E-state index contributed by atoms with van der Waals surface area (Å²) in [5.74, 6) is -0.385. The van der Waals surface area contributed by atoms with E-state index in [-0.39, 0.29) is 30.3 Å². The maximum absolute atomic E-state index is 13.6. The monoisotopic (exact) mass is 467 g/mol. The molecule has 35 heavy (non-hydrogen) atoms. The van der Waals surface area contributed by atoms with Crippen molar-refractivity contribution in [3.63, 3.8) is 0 Å². The molecule has 0 unspecified atom stereocenters. The molecule has 3 aromatic rings. The van der Waals surface area contributed by atoms with E-state index in [0.29, 0.717) is 29.8 Å². The number of nitrogens with one attached hydrogen (secondary N) is 1. The van der Waals surface area contributed by atoms with Gasteiger partial charge >= 0.3 is 0 Å². The number of amides is 3. The first-order chi connectivity index (χ1) is 16.9. The molecule has 6 nitrogen and oxygen atoms in total. The van der Waals surface area contributed by atoms with Crippen LogP contribution in [0, 0.1) is 6.92 Å². The molecule has 2 aliphatic heterocycles. The van der Waals surface area contributed by atoms with Crippen LogP contribution in [0.2, 0.25) is 0 Å². The van der Waals surface area contributed by atoms with Crippen LogP contribution in [0.25, 0.3) is 0 Å². The zero-order chi connectivity index (χ0) is 24.5. The summed E-state index contributed by atoms with van der Waals surface area (Å²) in [6.07, 6.45) is 1.47. The number of aryl methyl sites for hydroxylation is 1. The Labute approximate surface area is 205 Å². The molecule has 1 fully saturated rings. The van der Waals surface area contributed by atoms with Gasteiger partial charge in [-0.25, -0.2) is 0 Å². The van der Waals surface area contributed by atoms with Crippen molar-refractivity contribution in [3.8, 4) is 0 Å². The van der Waals surface area contributed by atoms with Gasteiger partial charge < -0.3 is 15.1 Å². The van der Waals surface area contributed by atoms with Crippen molar-refractivity contribution in [1.82, 2.24) is 10.2 Å². The topological polar surface area (TPSA) is 69.7 Å². The third kappa shape index (κ3) is 4.32. The Kier molecular flexibility index (Phi) is 6.12. The predicted octanol–water partition coefficient (Wildman–Crippen LogP) is 4.64. The summed E-state index contributed by atoms with van der Waals surface area (Å²) in [5, 5.41) is 3.09. The number of hydrogen-bond donors (Lipinski definition) is 1. The molecule has 1 N–H and O–H groups in total. The molecule has 5 rings (SSSR count). The van der Waals surface area contributed by atoms with E-state index in [1.807, 2.05) is 74.5 Å². The van der Waals surface area contributed by atoms with Gasteiger partial charge in [-0.15, -0.1) is 0 Å². The van der Waals surface area contributed by atoms with Crippen LogP contribution in [0.4, 0.5) is 5.69 Å². The second kappa shape index (κ2) is 9.37. The van der Waals surface area contributed by atoms with Crippen LogP contribution < -0.4 is 10.2 Å². The maximum Gasteiger partial charge on any atom is 0.256 e. The van der Waals surface area contributed by atoms with Gasteiger partial charge in [0.2, 0.25) is 5.91 Å². The summed E-state index contributed by atoms with van der Waals surface area (Å²) < 4.78 is 0. The van der Waals surface area contributed by atoms with Gasteiger partial charge in [0.15, 0.2) is 0 Å². The number of benzene rings is 3. The molecular weight excluding hydrogens is 438 g/mol. The van der Waals surface area contributed by atoms with E-state index in [0.717, 1.165) is 17.5 Å². The lowest BCUT2D eigenvalue weighted by molar-refractivity contribution is -0.122. The number of fused-ring (bicyclic) bond motifs is 2. The largest absolute Gasteiger partial charge is 0.346 e. The van der Waals surface area contributed by atoms with E-state index in [1.165, 1.54) is 5.56 Å². The summed E-state index contributed by atoms with van der Waals surface area (Å²) in [6, 6.07) is 22.1. The van der Waals surface area contributed by atoms with Gasteiger partial charge in [0.1, 0.15) is 6.04 Å². The first-order valence-electron chi connectivity index (χ1n) is 12.1. The van der Waals surface area contributed by atoms with Crippen molar-refractivity contribution in [3.05, 3.63) is 101 Å². The Morgan fingerprint density at radius 2 is 1.71 bits per heavy atom. The zero-order valence-electron chi connectivity index (χ0n) is 20.0. The van der Waals surface area contributed by atoms with E-state index >= 15 is 0 Å². The highest BCUT2D eigenvalue weighted by atomic mass is 16.2. The lowest BCUT2D eigenvalue weighted by atomic mass is 10.0. The Morgan fingerprint density at radius 3 is 2.51 bits per heavy atom. The Bertz CT molecular complexity index is 1280. The van der Waals surface area contributed by atoms with Crippen molar-refractivity contribution in [1.29, 1.82) is 0 Å². The predicted molar refractivity (Wildman–Crippen MR) is 135 cm³/mol. The molecule has 0 saturated carbocycles. The highest BCUT2D eigenvalue weighted by Crippen LogP contribution is 2.33. The third-order valence-corrected chi connectivity index (χ3v) is 7.01. The fraction of sp³-hybridized carbons (Fsp3) is 0.276. The van der Waals surface area contributed by atoms with Crippen LogP contribution in [-0.4, -0.2) is 35.2 Å². The van der Waals surface area contributed by atoms with Crippen molar-refractivity contribution >= 4 is 23.4 Å². The minimum absolute atomic E-state index is 0.0935. The molecule has 2 heterocycles. The van der Waals surface area contributed by atoms with Crippen molar-refractivity contribution in [2.75, 3.05) is 11.4 Å². The zero-order valence-corrected chi connectivity index (χ0v) is 20.0. The lowest BCUT2D eigenvalue weighted by Gasteiger charge is -2.27. The second-order valence-corrected chi connectivity index (χ2v) is 9.36. The number of carbonyl (C=O) groups excluding carboxylic acids is 3. The molecule has 0 aliphatic carbocycles. The minimum Gasteiger partial charge on any atom is -0.346 e. The first-order valence-corrected chi connectivity index (χ1v) is 12.1. The Morgan fingerprint density at radius 1 is 1.00 bits per heavy atom. The summed E-state index contributed by atoms with van der Waals surface area (Å²) in [5.41, 5.74) is 4.58. The van der Waals surface area contributed by atoms with Gasteiger partial charge in [-0.2, -0.15) is 0 Å². The third-order valence-electron chi connectivity index (χ3n) is 7.01. The first kappa shape index (κ1) is 22.8. The number of rotatable bonds is 5. The molecule has 3 aromatic carbocycles. The van der Waals surface area contributed by atoms with E-state index in [9.17, 15) is 14.4 Å². The number of nitrogens with zero attached hydrogens (tertiary/aromatic N) is 2. The summed E-state index contributed by atoms with van der Waals surface area (Å²) in [7, 11) is 0. The molecule has 0 radical (unpaired) electrons. The van der Waals surface area contributed by atoms with Crippen LogP contribution in [0.1, 0.15) is 63.2 Å². The van der Waals surface area contributed by atoms with Gasteiger partial charge in [0, 0.05) is 12.1 Å². The fourth-order valence-electron chi connectivity index (χ4n) is 5.04. The van der Waals surface area contributed by atoms with E-state index in [4.69, 9.17) is 0 Å². The lowest BCUT2D eigenvalue weighted by Crippen LogP contribution is -2.44. The van der Waals surface area contributed by atoms with Crippen LogP contribution in [0.3, 0.4) is 0 Å². The average Bonchev–Trinajstić information content (AvgIpc) is 3.34. The molecule has 0 aromatic heterocycles. The highest BCUT2D eigenvalue weighted by molar-refractivity contribution is 6.11. The van der Waals surface area contributed by atoms with Crippen LogP contribution >= 0.6 is 0 Å². The van der Waals surface area contributed by atoms with E-state index in [2.05, 4.69) is 5.32 Å². The summed E-state index contributed by atoms with van der Waals surface area (Å²) >= 11 is 0. The van der Waals surface area contributed by atoms with Crippen molar-refractivity contribution in [2.45, 2.75) is 45.3 Å². The molecule has 0 spiro atoms. The highest BCUT2D eigenvalue weighted by Gasteiger charge is 2.42. The quantitative estimate of drug-likeness (QED) is 0.595. The maximum atomic E-state index is 13.6. The molecule has 1 saturated heterocycles. The number of anilines is 1. The molecule has 2 aliphatic rings. The number of carbonyl (C=O) groups is 3. The normalized spacial score (nSPS) is 18.1. The van der Waals surface area contributed by atoms with E-state index < -0.39 is 6.04 Å². The van der Waals surface area contributed by atoms with Crippen LogP contribution in [0.15, 0.2) is 72.8 Å². The molecule has 0 bridgehead atoms. The molecule has 3 amide bonds. The molecular formula is C29H29N3O3. The van der Waals surface area contributed by atoms with Crippen molar-refractivity contribution < 1.29 is 14.4 Å². The number of hydrogen-bond acceptors (Lipinski definition) is 3. The molecule has 178 valence electrons. The molecule has 2 atom stereocenters. The van der Waals surface area contributed by atoms with Gasteiger partial charge in [-0.1, -0.05) is 60.2 Å². The second-order valence-electron chi connectivity index (χ2n) is 9.36. The van der Waals surface area contributed by atoms with Crippen molar-refractivity contribution in [2.24, 2.45) is 0 Å². The Balaban J connectivity index is 1.45. The van der Waals surface area contributed by atoms with Gasteiger partial charge in [0.25, 0.3) is 11.8 Å². The van der Waals surface area contributed by atoms with Crippen LogP contribution in [-0.2, 0) is 11.3 Å². The van der Waals surface area contributed by atoms with Gasteiger partial charge in [0.05, 0.1) is 23.8 Å². The number of para-hydroxylation sites is 1.